The van der Waals surface area contributed by atoms with E-state index in [2.05, 4.69) is 4.72 Å². The van der Waals surface area contributed by atoms with Crippen molar-refractivity contribution in [1.29, 1.82) is 0 Å². The minimum absolute atomic E-state index is 0.0548. The van der Waals surface area contributed by atoms with E-state index in [4.69, 9.17) is 19.2 Å². The third-order valence-electron chi connectivity index (χ3n) is 12.5. The van der Waals surface area contributed by atoms with Gasteiger partial charge in [-0.25, -0.2) is 17.8 Å². The number of nitrogens with zero attached hydrogens (tertiary/aromatic N) is 2. The molecule has 1 aromatic carbocycles. The van der Waals surface area contributed by atoms with Crippen molar-refractivity contribution in [2.75, 3.05) is 13.7 Å². The smallest absolute Gasteiger partial charge is 0.307 e. The Hall–Kier alpha value is -4.07. The number of allylic oxidation sites excluding steroid dienone is 2. The van der Waals surface area contributed by atoms with Crippen LogP contribution in [0.1, 0.15) is 122 Å². The lowest BCUT2D eigenvalue weighted by molar-refractivity contribution is -0.159. The van der Waals surface area contributed by atoms with Gasteiger partial charge in [0.05, 0.1) is 47.5 Å². The van der Waals surface area contributed by atoms with Gasteiger partial charge < -0.3 is 19.1 Å². The minimum atomic E-state index is -3.99. The van der Waals surface area contributed by atoms with Gasteiger partial charge in [0.15, 0.2) is 5.78 Å². The first kappa shape index (κ1) is 40.1. The normalized spacial score (nSPS) is 30.9. The monoisotopic (exact) mass is 795 g/mol. The van der Waals surface area contributed by atoms with Crippen LogP contribution in [-0.4, -0.2) is 77.5 Å². The third kappa shape index (κ3) is 7.66. The van der Waals surface area contributed by atoms with E-state index in [9.17, 15) is 27.6 Å². The number of fused-ring (bicyclic) bond motifs is 5. The number of carbonyl (C=O) groups excluding carboxylic acids is 4. The Balaban J connectivity index is 1.26. The molecule has 304 valence electrons. The van der Waals surface area contributed by atoms with Crippen molar-refractivity contribution in [3.8, 4) is 11.5 Å². The SMILES string of the molecule is COc1ccc2nc(C)c3c(c2c1)C(F)C[C@]1(C[C@H]2C(=O)C[C@]4(C(=O)NS(=O)(=O)C5(C)CC5)C[C@H]4/C=C\CCCCC[C@H](CC(=O)OC(C)(C)C)C(=O)N2C1)O3. The van der Waals surface area contributed by atoms with Crippen LogP contribution in [0.5, 0.6) is 11.5 Å². The van der Waals surface area contributed by atoms with E-state index >= 15 is 4.39 Å². The van der Waals surface area contributed by atoms with Gasteiger partial charge in [-0.2, -0.15) is 0 Å². The maximum Gasteiger partial charge on any atom is 0.307 e. The Bertz CT molecular complexity index is 2090. The number of hydrogen-bond donors (Lipinski definition) is 1. The van der Waals surface area contributed by atoms with Crippen LogP contribution in [0.3, 0.4) is 0 Å². The van der Waals surface area contributed by atoms with Crippen LogP contribution in [0.15, 0.2) is 30.4 Å². The molecule has 2 amide bonds. The number of esters is 1. The number of amides is 2. The van der Waals surface area contributed by atoms with E-state index in [1.165, 1.54) is 12.0 Å². The molecule has 1 saturated heterocycles. The average Bonchev–Trinajstić information content (AvgIpc) is 4.01. The molecule has 0 radical (unpaired) electrons. The molecule has 6 atom stereocenters. The predicted octanol–water partition coefficient (Wildman–Crippen LogP) is 6.52. The number of methoxy groups -OCH3 is 1. The number of ether oxygens (including phenoxy) is 3. The van der Waals surface area contributed by atoms with Crippen molar-refractivity contribution in [1.82, 2.24) is 14.6 Å². The highest BCUT2D eigenvalue weighted by molar-refractivity contribution is 7.91. The molecule has 2 aromatic rings. The molecule has 3 aliphatic heterocycles. The summed E-state index contributed by atoms with van der Waals surface area (Å²) in [5.41, 5.74) is -2.07. The molecule has 56 heavy (non-hydrogen) atoms. The van der Waals surface area contributed by atoms with Gasteiger partial charge in [0, 0.05) is 36.1 Å². The van der Waals surface area contributed by atoms with E-state index in [1.807, 2.05) is 12.2 Å². The summed E-state index contributed by atoms with van der Waals surface area (Å²) in [5.74, 6) is -2.54. The molecule has 7 rings (SSSR count). The van der Waals surface area contributed by atoms with Crippen molar-refractivity contribution in [2.45, 2.75) is 140 Å². The van der Waals surface area contributed by atoms with Gasteiger partial charge in [-0.05, 0) is 97.3 Å². The maximum atomic E-state index is 16.8. The fourth-order valence-corrected chi connectivity index (χ4v) is 10.2. The number of alkyl halides is 1. The first-order valence-corrected chi connectivity index (χ1v) is 21.4. The fraction of sp³-hybridized carbons (Fsp3) is 0.643. The van der Waals surface area contributed by atoms with Crippen LogP contribution in [0, 0.1) is 24.2 Å². The lowest BCUT2D eigenvalue weighted by atomic mass is 9.84. The molecule has 1 aromatic heterocycles. The molecule has 3 fully saturated rings. The summed E-state index contributed by atoms with van der Waals surface area (Å²) in [6.07, 6.45) is 6.08. The molecule has 14 heteroatoms. The number of sulfonamides is 1. The second kappa shape index (κ2) is 14.4. The summed E-state index contributed by atoms with van der Waals surface area (Å²) in [5, 5.41) is 0.542. The second-order valence-corrected chi connectivity index (χ2v) is 20.2. The number of Topliss-reactive ketones (excluding diaryl/α,β-unsaturated/α-hetero) is 1. The number of hydrogen-bond acceptors (Lipinski definition) is 10. The molecular formula is C42H54FN3O9S. The molecule has 12 nitrogen and oxygen atoms in total. The Kier molecular flexibility index (Phi) is 10.3. The molecule has 5 aliphatic rings. The quantitative estimate of drug-likeness (QED) is 0.252. The maximum absolute atomic E-state index is 16.8. The molecular weight excluding hydrogens is 742 g/mol. The van der Waals surface area contributed by atoms with Crippen LogP contribution in [0.2, 0.25) is 0 Å². The third-order valence-corrected chi connectivity index (χ3v) is 14.6. The lowest BCUT2D eigenvalue weighted by Crippen LogP contribution is -2.48. The second-order valence-electron chi connectivity index (χ2n) is 18.0. The Morgan fingerprint density at radius 3 is 2.55 bits per heavy atom. The Morgan fingerprint density at radius 1 is 1.11 bits per heavy atom. The van der Waals surface area contributed by atoms with Gasteiger partial charge in [-0.15, -0.1) is 0 Å². The first-order valence-electron chi connectivity index (χ1n) is 19.9. The zero-order valence-corrected chi connectivity index (χ0v) is 34.1. The number of benzene rings is 1. The van der Waals surface area contributed by atoms with Gasteiger partial charge in [-0.1, -0.05) is 25.0 Å². The molecule has 0 bridgehead atoms. The standard InChI is InChI=1S/C42H54FN3O9S/c1-25-36-35(29-19-28(53-6)14-15-31(29)44-25)30(43)21-41(55-36)22-32-33(47)23-42(38(50)45-56(51,52)40(5)16-17-40)20-27(42)13-11-9-7-8-10-12-26(37(49)46(32)24-41)18-34(48)54-39(2,3)4/h11,13-15,19,26-27,30,32H,7-10,12,16-18,20-24H2,1-6H3,(H,45,50)/b13-11-/t26-,27-,30?,32+,41-,42-/m1/s1. The molecule has 4 heterocycles. The van der Waals surface area contributed by atoms with Gasteiger partial charge in [0.25, 0.3) is 0 Å². The van der Waals surface area contributed by atoms with E-state index in [0.717, 1.165) is 12.8 Å². The van der Waals surface area contributed by atoms with E-state index in [0.29, 0.717) is 60.0 Å². The molecule has 1 spiro atoms. The number of pyridine rings is 1. The highest BCUT2D eigenvalue weighted by Gasteiger charge is 2.64. The number of aryl methyl sites for hydroxylation is 1. The van der Waals surface area contributed by atoms with Crippen molar-refractivity contribution < 1.29 is 46.2 Å². The highest BCUT2D eigenvalue weighted by atomic mass is 32.2. The van der Waals surface area contributed by atoms with Crippen LogP contribution >= 0.6 is 0 Å². The number of rotatable bonds is 6. The van der Waals surface area contributed by atoms with Crippen molar-refractivity contribution in [3.63, 3.8) is 0 Å². The number of halogens is 1. The van der Waals surface area contributed by atoms with Gasteiger partial charge in [-0.3, -0.25) is 23.9 Å². The van der Waals surface area contributed by atoms with E-state index in [1.54, 1.807) is 52.8 Å². The fourth-order valence-electron chi connectivity index (χ4n) is 8.89. The highest BCUT2D eigenvalue weighted by Crippen LogP contribution is 2.58. The first-order chi connectivity index (χ1) is 26.3. The number of aromatic nitrogens is 1. The van der Waals surface area contributed by atoms with Crippen LogP contribution in [-0.2, 0) is 33.9 Å². The van der Waals surface area contributed by atoms with Gasteiger partial charge in [0.2, 0.25) is 21.8 Å². The van der Waals surface area contributed by atoms with E-state index in [-0.39, 0.29) is 50.3 Å². The predicted molar refractivity (Wildman–Crippen MR) is 206 cm³/mol. The summed E-state index contributed by atoms with van der Waals surface area (Å²) in [4.78, 5) is 62.9. The summed E-state index contributed by atoms with van der Waals surface area (Å²) in [6.45, 7) is 8.46. The Labute approximate surface area is 328 Å². The summed E-state index contributed by atoms with van der Waals surface area (Å²) in [6, 6.07) is 4.11. The largest absolute Gasteiger partial charge is 0.497 e. The van der Waals surface area contributed by atoms with Crippen LogP contribution in [0.25, 0.3) is 10.9 Å². The average molecular weight is 796 g/mol. The molecule has 2 aliphatic carbocycles. The van der Waals surface area contributed by atoms with Gasteiger partial charge in [0.1, 0.15) is 28.9 Å². The summed E-state index contributed by atoms with van der Waals surface area (Å²) < 4.78 is 62.4. The summed E-state index contributed by atoms with van der Waals surface area (Å²) >= 11 is 0. The van der Waals surface area contributed by atoms with Gasteiger partial charge >= 0.3 is 5.97 Å². The number of ketones is 1. The van der Waals surface area contributed by atoms with Crippen molar-refractivity contribution in [3.05, 3.63) is 41.6 Å². The molecule has 1 N–H and O–H groups in total. The van der Waals surface area contributed by atoms with Crippen LogP contribution in [0.4, 0.5) is 4.39 Å². The van der Waals surface area contributed by atoms with E-state index < -0.39 is 73.1 Å². The molecule has 1 unspecified atom stereocenters. The zero-order chi connectivity index (χ0) is 40.4. The number of nitrogens with one attached hydrogen (secondary N) is 1. The lowest BCUT2D eigenvalue weighted by Gasteiger charge is -2.38. The molecule has 2 saturated carbocycles. The number of carbonyl (C=O) groups is 4. The minimum Gasteiger partial charge on any atom is -0.497 e. The van der Waals surface area contributed by atoms with Crippen molar-refractivity contribution >= 4 is 44.5 Å². The zero-order valence-electron chi connectivity index (χ0n) is 33.2. The Morgan fingerprint density at radius 2 is 1.86 bits per heavy atom. The van der Waals surface area contributed by atoms with Crippen LogP contribution < -0.4 is 14.2 Å². The van der Waals surface area contributed by atoms with Crippen molar-refractivity contribution in [2.24, 2.45) is 17.3 Å². The summed E-state index contributed by atoms with van der Waals surface area (Å²) in [7, 11) is -2.46. The topological polar surface area (TPSA) is 158 Å².